The van der Waals surface area contributed by atoms with Gasteiger partial charge in [-0.15, -0.1) is 0 Å². The zero-order valence-electron chi connectivity index (χ0n) is 12.4. The number of nitrogens with one attached hydrogen (secondary N) is 1. The van der Waals surface area contributed by atoms with E-state index in [2.05, 4.69) is 24.2 Å². The number of hydrogen-bond donors (Lipinski definition) is 1. The fourth-order valence-corrected chi connectivity index (χ4v) is 4.04. The van der Waals surface area contributed by atoms with Crippen LogP contribution in [0, 0.1) is 5.82 Å². The minimum absolute atomic E-state index is 0.147. The molecule has 0 saturated carbocycles. The molecule has 1 fully saturated rings. The Morgan fingerprint density at radius 2 is 2.35 bits per heavy atom. The van der Waals surface area contributed by atoms with Crippen molar-refractivity contribution in [2.24, 2.45) is 0 Å². The molecule has 0 bridgehead atoms. The average molecular weight is 296 g/mol. The molecule has 112 valence electrons. The summed E-state index contributed by atoms with van der Waals surface area (Å²) in [6, 6.07) is 7.93. The van der Waals surface area contributed by atoms with Crippen LogP contribution in [-0.4, -0.2) is 42.6 Å². The molecule has 2 atom stereocenters. The van der Waals surface area contributed by atoms with Crippen molar-refractivity contribution >= 4 is 11.8 Å². The molecule has 20 heavy (non-hydrogen) atoms. The summed E-state index contributed by atoms with van der Waals surface area (Å²) >= 11 is 2.05. The second kappa shape index (κ2) is 8.01. The lowest BCUT2D eigenvalue weighted by molar-refractivity contribution is 0.247. The molecule has 1 N–H and O–H groups in total. The predicted octanol–water partition coefficient (Wildman–Crippen LogP) is 3.30. The fraction of sp³-hybridized carbons (Fsp3) is 0.625. The highest BCUT2D eigenvalue weighted by Crippen LogP contribution is 2.23. The van der Waals surface area contributed by atoms with Gasteiger partial charge in [-0.3, -0.25) is 0 Å². The number of halogens is 1. The van der Waals surface area contributed by atoms with Crippen LogP contribution in [-0.2, 0) is 0 Å². The summed E-state index contributed by atoms with van der Waals surface area (Å²) in [5.41, 5.74) is 1.06. The van der Waals surface area contributed by atoms with Crippen LogP contribution < -0.4 is 5.32 Å². The van der Waals surface area contributed by atoms with E-state index in [9.17, 15) is 4.39 Å². The van der Waals surface area contributed by atoms with Crippen molar-refractivity contribution in [2.45, 2.75) is 31.8 Å². The first-order valence-corrected chi connectivity index (χ1v) is 8.63. The van der Waals surface area contributed by atoms with Crippen LogP contribution >= 0.6 is 11.8 Å². The smallest absolute Gasteiger partial charge is 0.123 e. The molecule has 1 aromatic rings. The van der Waals surface area contributed by atoms with E-state index in [1.807, 2.05) is 17.8 Å². The third kappa shape index (κ3) is 4.47. The number of thioether (sulfide) groups is 1. The third-order valence-electron chi connectivity index (χ3n) is 4.00. The summed E-state index contributed by atoms with van der Waals surface area (Å²) in [5.74, 6) is 2.39. The number of hydrogen-bond acceptors (Lipinski definition) is 3. The molecule has 4 heteroatoms. The molecule has 0 spiro atoms. The van der Waals surface area contributed by atoms with Crippen molar-refractivity contribution in [2.75, 3.05) is 31.6 Å². The second-order valence-electron chi connectivity index (χ2n) is 5.45. The predicted molar refractivity (Wildman–Crippen MR) is 85.8 cm³/mol. The standard InChI is InChI=1S/C16H25FN2S/c1-3-18-16(13-5-4-6-14(17)11-13)7-9-19(2)15-8-10-20-12-15/h4-6,11,15-16,18H,3,7-10,12H2,1-2H3. The molecule has 2 rings (SSSR count). The van der Waals surface area contributed by atoms with E-state index in [1.54, 1.807) is 12.1 Å². The Morgan fingerprint density at radius 1 is 1.50 bits per heavy atom. The summed E-state index contributed by atoms with van der Waals surface area (Å²) in [6.45, 7) is 4.06. The molecule has 0 aromatic heterocycles. The molecule has 0 radical (unpaired) electrons. The highest BCUT2D eigenvalue weighted by atomic mass is 32.2. The number of benzene rings is 1. The molecular formula is C16H25FN2S. The van der Waals surface area contributed by atoms with Gasteiger partial charge in [0.1, 0.15) is 5.82 Å². The lowest BCUT2D eigenvalue weighted by Gasteiger charge is -2.26. The van der Waals surface area contributed by atoms with E-state index in [0.29, 0.717) is 0 Å². The first-order chi connectivity index (χ1) is 9.70. The molecule has 0 aliphatic carbocycles. The van der Waals surface area contributed by atoms with Crippen molar-refractivity contribution in [1.29, 1.82) is 0 Å². The zero-order chi connectivity index (χ0) is 14.4. The van der Waals surface area contributed by atoms with Crippen LogP contribution in [0.15, 0.2) is 24.3 Å². The van der Waals surface area contributed by atoms with E-state index in [1.165, 1.54) is 24.0 Å². The maximum absolute atomic E-state index is 13.4. The van der Waals surface area contributed by atoms with Crippen LogP contribution in [0.4, 0.5) is 4.39 Å². The molecule has 1 aliphatic heterocycles. The van der Waals surface area contributed by atoms with Gasteiger partial charge in [-0.2, -0.15) is 11.8 Å². The molecule has 2 unspecified atom stereocenters. The van der Waals surface area contributed by atoms with E-state index in [4.69, 9.17) is 0 Å². The number of rotatable bonds is 7. The topological polar surface area (TPSA) is 15.3 Å². The molecule has 0 amide bonds. The monoisotopic (exact) mass is 296 g/mol. The van der Waals surface area contributed by atoms with Crippen LogP contribution in [0.5, 0.6) is 0 Å². The fourth-order valence-electron chi connectivity index (χ4n) is 2.74. The summed E-state index contributed by atoms with van der Waals surface area (Å²) in [7, 11) is 2.21. The van der Waals surface area contributed by atoms with Gasteiger partial charge in [-0.25, -0.2) is 4.39 Å². The maximum Gasteiger partial charge on any atom is 0.123 e. The Balaban J connectivity index is 1.91. The highest BCUT2D eigenvalue weighted by molar-refractivity contribution is 7.99. The van der Waals surface area contributed by atoms with Crippen molar-refractivity contribution in [1.82, 2.24) is 10.2 Å². The molecule has 1 saturated heterocycles. The average Bonchev–Trinajstić information content (AvgIpc) is 2.97. The summed E-state index contributed by atoms with van der Waals surface area (Å²) in [6.07, 6.45) is 2.32. The third-order valence-corrected chi connectivity index (χ3v) is 5.15. The van der Waals surface area contributed by atoms with E-state index in [0.717, 1.165) is 31.1 Å². The van der Waals surface area contributed by atoms with E-state index in [-0.39, 0.29) is 11.9 Å². The van der Waals surface area contributed by atoms with Gasteiger partial charge in [0.25, 0.3) is 0 Å². The molecular weight excluding hydrogens is 271 g/mol. The van der Waals surface area contributed by atoms with Crippen molar-refractivity contribution in [3.05, 3.63) is 35.6 Å². The van der Waals surface area contributed by atoms with Gasteiger partial charge in [0.2, 0.25) is 0 Å². The number of nitrogens with zero attached hydrogens (tertiary/aromatic N) is 1. The van der Waals surface area contributed by atoms with Gasteiger partial charge < -0.3 is 10.2 Å². The van der Waals surface area contributed by atoms with Crippen molar-refractivity contribution in [3.63, 3.8) is 0 Å². The van der Waals surface area contributed by atoms with Gasteiger partial charge in [0.05, 0.1) is 0 Å². The molecule has 1 aromatic carbocycles. The van der Waals surface area contributed by atoms with Crippen LogP contribution in [0.25, 0.3) is 0 Å². The molecule has 1 aliphatic rings. The van der Waals surface area contributed by atoms with Gasteiger partial charge in [0, 0.05) is 17.8 Å². The van der Waals surface area contributed by atoms with Crippen LogP contribution in [0.2, 0.25) is 0 Å². The van der Waals surface area contributed by atoms with Gasteiger partial charge in [-0.1, -0.05) is 19.1 Å². The van der Waals surface area contributed by atoms with Gasteiger partial charge in [0.15, 0.2) is 0 Å². The van der Waals surface area contributed by atoms with Gasteiger partial charge >= 0.3 is 0 Å². The Hall–Kier alpha value is -0.580. The largest absolute Gasteiger partial charge is 0.310 e. The highest BCUT2D eigenvalue weighted by Gasteiger charge is 2.21. The van der Waals surface area contributed by atoms with Gasteiger partial charge in [-0.05, 0) is 56.4 Å². The summed E-state index contributed by atoms with van der Waals surface area (Å²) < 4.78 is 13.4. The van der Waals surface area contributed by atoms with Crippen LogP contribution in [0.3, 0.4) is 0 Å². The second-order valence-corrected chi connectivity index (χ2v) is 6.60. The lowest BCUT2D eigenvalue weighted by atomic mass is 10.0. The Morgan fingerprint density at radius 3 is 3.00 bits per heavy atom. The van der Waals surface area contributed by atoms with E-state index < -0.39 is 0 Å². The van der Waals surface area contributed by atoms with E-state index >= 15 is 0 Å². The quantitative estimate of drug-likeness (QED) is 0.831. The Labute approximate surface area is 126 Å². The Bertz CT molecular complexity index is 407. The first-order valence-electron chi connectivity index (χ1n) is 7.47. The Kier molecular flexibility index (Phi) is 6.33. The minimum Gasteiger partial charge on any atom is -0.310 e. The maximum atomic E-state index is 13.4. The molecule has 1 heterocycles. The van der Waals surface area contributed by atoms with Crippen molar-refractivity contribution < 1.29 is 4.39 Å². The minimum atomic E-state index is -0.147. The summed E-state index contributed by atoms with van der Waals surface area (Å²) in [5, 5.41) is 3.47. The summed E-state index contributed by atoms with van der Waals surface area (Å²) in [4.78, 5) is 2.46. The normalized spacial score (nSPS) is 20.5. The SMILES string of the molecule is CCNC(CCN(C)C1CCSC1)c1cccc(F)c1. The first kappa shape index (κ1) is 15.8. The van der Waals surface area contributed by atoms with Crippen LogP contribution in [0.1, 0.15) is 31.4 Å². The van der Waals surface area contributed by atoms with Crippen molar-refractivity contribution in [3.8, 4) is 0 Å². The lowest BCUT2D eigenvalue weighted by Crippen LogP contribution is -2.34. The zero-order valence-corrected chi connectivity index (χ0v) is 13.3. The molecule has 2 nitrogen and oxygen atoms in total.